The Morgan fingerprint density at radius 3 is 2.42 bits per heavy atom. The van der Waals surface area contributed by atoms with Gasteiger partial charge in [0.1, 0.15) is 6.04 Å². The number of nitrogens with one attached hydrogen (secondary N) is 1. The van der Waals surface area contributed by atoms with Crippen LogP contribution >= 0.6 is 11.8 Å². The summed E-state index contributed by atoms with van der Waals surface area (Å²) < 4.78 is 0. The highest BCUT2D eigenvalue weighted by molar-refractivity contribution is 7.99. The van der Waals surface area contributed by atoms with Gasteiger partial charge in [-0.15, -0.1) is 11.8 Å². The zero-order valence-corrected chi connectivity index (χ0v) is 10.9. The SMILES string of the molecule is CC(=O)NC(CSc1ccccc1C(=O)O)C(=O)O. The minimum Gasteiger partial charge on any atom is -0.480 e. The molecule has 1 aromatic rings. The van der Waals surface area contributed by atoms with Crippen molar-refractivity contribution < 1.29 is 24.6 Å². The van der Waals surface area contributed by atoms with Crippen molar-refractivity contribution in [2.24, 2.45) is 0 Å². The van der Waals surface area contributed by atoms with Crippen molar-refractivity contribution in [3.63, 3.8) is 0 Å². The number of amides is 1. The van der Waals surface area contributed by atoms with Gasteiger partial charge in [0, 0.05) is 17.6 Å². The highest BCUT2D eigenvalue weighted by Crippen LogP contribution is 2.23. The van der Waals surface area contributed by atoms with Gasteiger partial charge in [-0.05, 0) is 12.1 Å². The standard InChI is InChI=1S/C12H13NO5S/c1-7(14)13-9(12(17)18)6-19-10-5-3-2-4-8(10)11(15)16/h2-5,9H,6H2,1H3,(H,13,14)(H,15,16)(H,17,18). The summed E-state index contributed by atoms with van der Waals surface area (Å²) in [6, 6.07) is 5.25. The van der Waals surface area contributed by atoms with Crippen molar-refractivity contribution >= 4 is 29.6 Å². The Morgan fingerprint density at radius 1 is 1.26 bits per heavy atom. The molecule has 6 nitrogen and oxygen atoms in total. The first-order chi connectivity index (χ1) is 8.91. The normalized spacial score (nSPS) is 11.6. The topological polar surface area (TPSA) is 104 Å². The first-order valence-corrected chi connectivity index (χ1v) is 6.35. The van der Waals surface area contributed by atoms with Gasteiger partial charge in [0.05, 0.1) is 5.56 Å². The van der Waals surface area contributed by atoms with Gasteiger partial charge in [-0.2, -0.15) is 0 Å². The van der Waals surface area contributed by atoms with E-state index in [9.17, 15) is 14.4 Å². The Balaban J connectivity index is 2.77. The zero-order chi connectivity index (χ0) is 14.4. The predicted octanol–water partition coefficient (Wildman–Crippen LogP) is 1.07. The fourth-order valence-electron chi connectivity index (χ4n) is 1.36. The molecular weight excluding hydrogens is 270 g/mol. The fraction of sp³-hybridized carbons (Fsp3) is 0.250. The van der Waals surface area contributed by atoms with E-state index in [-0.39, 0.29) is 11.3 Å². The molecule has 0 aliphatic carbocycles. The number of hydrogen-bond acceptors (Lipinski definition) is 4. The Bertz CT molecular complexity index is 503. The summed E-state index contributed by atoms with van der Waals surface area (Å²) >= 11 is 1.08. The van der Waals surface area contributed by atoms with Gasteiger partial charge >= 0.3 is 11.9 Å². The van der Waals surface area contributed by atoms with Crippen molar-refractivity contribution in [3.8, 4) is 0 Å². The molecule has 0 fully saturated rings. The molecule has 7 heteroatoms. The van der Waals surface area contributed by atoms with Crippen LogP contribution in [-0.4, -0.2) is 39.9 Å². The number of aliphatic carboxylic acids is 1. The van der Waals surface area contributed by atoms with Crippen molar-refractivity contribution in [2.45, 2.75) is 17.9 Å². The quantitative estimate of drug-likeness (QED) is 0.675. The Labute approximate surface area is 113 Å². The molecule has 0 aliphatic heterocycles. The van der Waals surface area contributed by atoms with E-state index >= 15 is 0 Å². The fourth-order valence-corrected chi connectivity index (χ4v) is 2.42. The van der Waals surface area contributed by atoms with E-state index in [0.29, 0.717) is 4.90 Å². The third-order valence-corrected chi connectivity index (χ3v) is 3.37. The molecule has 0 aliphatic rings. The Hall–Kier alpha value is -2.02. The van der Waals surface area contributed by atoms with E-state index in [0.717, 1.165) is 11.8 Å². The second kappa shape index (κ2) is 6.79. The summed E-state index contributed by atoms with van der Waals surface area (Å²) in [6.45, 7) is 1.23. The van der Waals surface area contributed by atoms with Crippen LogP contribution in [0.15, 0.2) is 29.2 Å². The molecule has 19 heavy (non-hydrogen) atoms. The third kappa shape index (κ3) is 4.63. The predicted molar refractivity (Wildman–Crippen MR) is 69.4 cm³/mol. The number of carbonyl (C=O) groups excluding carboxylic acids is 1. The summed E-state index contributed by atoms with van der Waals surface area (Å²) in [6.07, 6.45) is 0. The van der Waals surface area contributed by atoms with E-state index in [4.69, 9.17) is 10.2 Å². The maximum Gasteiger partial charge on any atom is 0.336 e. The van der Waals surface area contributed by atoms with Crippen molar-refractivity contribution in [1.82, 2.24) is 5.32 Å². The maximum absolute atomic E-state index is 11.0. The van der Waals surface area contributed by atoms with Gasteiger partial charge in [-0.3, -0.25) is 4.79 Å². The van der Waals surface area contributed by atoms with Crippen LogP contribution in [0.3, 0.4) is 0 Å². The number of hydrogen-bond donors (Lipinski definition) is 3. The van der Waals surface area contributed by atoms with Gasteiger partial charge in [0.25, 0.3) is 0 Å². The third-order valence-electron chi connectivity index (χ3n) is 2.20. The molecule has 3 N–H and O–H groups in total. The van der Waals surface area contributed by atoms with Crippen LogP contribution in [-0.2, 0) is 9.59 Å². The van der Waals surface area contributed by atoms with Gasteiger partial charge in [-0.1, -0.05) is 12.1 Å². The molecule has 1 atom stereocenters. The molecule has 1 aromatic carbocycles. The van der Waals surface area contributed by atoms with Gasteiger partial charge in [0.15, 0.2) is 0 Å². The van der Waals surface area contributed by atoms with Crippen molar-refractivity contribution in [3.05, 3.63) is 29.8 Å². The van der Waals surface area contributed by atoms with Gasteiger partial charge in [0.2, 0.25) is 5.91 Å². The lowest BCUT2D eigenvalue weighted by atomic mass is 10.2. The van der Waals surface area contributed by atoms with Crippen molar-refractivity contribution in [2.75, 3.05) is 5.75 Å². The van der Waals surface area contributed by atoms with Crippen LogP contribution in [0.5, 0.6) is 0 Å². The molecule has 0 radical (unpaired) electrons. The minimum atomic E-state index is -1.16. The second-order valence-electron chi connectivity index (χ2n) is 3.70. The molecule has 0 heterocycles. The number of benzene rings is 1. The molecule has 102 valence electrons. The lowest BCUT2D eigenvalue weighted by Gasteiger charge is -2.13. The molecule has 0 bridgehead atoms. The molecular formula is C12H13NO5S. The van der Waals surface area contributed by atoms with Crippen LogP contribution in [0.1, 0.15) is 17.3 Å². The average molecular weight is 283 g/mol. The second-order valence-corrected chi connectivity index (χ2v) is 4.77. The first-order valence-electron chi connectivity index (χ1n) is 5.37. The molecule has 0 saturated carbocycles. The van der Waals surface area contributed by atoms with Crippen LogP contribution in [0.4, 0.5) is 0 Å². The monoisotopic (exact) mass is 283 g/mol. The van der Waals surface area contributed by atoms with E-state index in [1.807, 2.05) is 0 Å². The number of carboxylic acid groups (broad SMARTS) is 2. The lowest BCUT2D eigenvalue weighted by molar-refractivity contribution is -0.140. The van der Waals surface area contributed by atoms with E-state index < -0.39 is 23.9 Å². The summed E-state index contributed by atoms with van der Waals surface area (Å²) in [7, 11) is 0. The van der Waals surface area contributed by atoms with Crippen molar-refractivity contribution in [1.29, 1.82) is 0 Å². The van der Waals surface area contributed by atoms with Crippen LogP contribution in [0.25, 0.3) is 0 Å². The van der Waals surface area contributed by atoms with Crippen LogP contribution in [0, 0.1) is 0 Å². The first kappa shape index (κ1) is 15.0. The smallest absolute Gasteiger partial charge is 0.336 e. The minimum absolute atomic E-state index is 0.0548. The van der Waals surface area contributed by atoms with E-state index in [1.54, 1.807) is 18.2 Å². The number of carbonyl (C=O) groups is 3. The molecule has 1 rings (SSSR count). The Kier molecular flexibility index (Phi) is 5.37. The molecule has 0 aromatic heterocycles. The van der Waals surface area contributed by atoms with Crippen LogP contribution in [0.2, 0.25) is 0 Å². The maximum atomic E-state index is 11.0. The number of carboxylic acids is 2. The summed E-state index contributed by atoms with van der Waals surface area (Å²) in [5.74, 6) is -2.62. The average Bonchev–Trinajstić information content (AvgIpc) is 2.34. The van der Waals surface area contributed by atoms with Gasteiger partial charge in [-0.25, -0.2) is 9.59 Å². The zero-order valence-electron chi connectivity index (χ0n) is 10.1. The highest BCUT2D eigenvalue weighted by atomic mass is 32.2. The summed E-state index contributed by atoms with van der Waals surface area (Å²) in [5.41, 5.74) is 0.111. The largest absolute Gasteiger partial charge is 0.480 e. The molecule has 1 unspecified atom stereocenters. The molecule has 0 saturated heterocycles. The van der Waals surface area contributed by atoms with E-state index in [2.05, 4.69) is 5.32 Å². The van der Waals surface area contributed by atoms with Crippen LogP contribution < -0.4 is 5.32 Å². The Morgan fingerprint density at radius 2 is 1.89 bits per heavy atom. The highest BCUT2D eigenvalue weighted by Gasteiger charge is 2.19. The summed E-state index contributed by atoms with van der Waals surface area (Å²) in [4.78, 5) is 33.2. The number of aromatic carboxylic acids is 1. The van der Waals surface area contributed by atoms with Gasteiger partial charge < -0.3 is 15.5 Å². The number of thioether (sulfide) groups is 1. The number of rotatable bonds is 6. The summed E-state index contributed by atoms with van der Waals surface area (Å²) in [5, 5.41) is 20.2. The van der Waals surface area contributed by atoms with E-state index in [1.165, 1.54) is 13.0 Å². The lowest BCUT2D eigenvalue weighted by Crippen LogP contribution is -2.41. The molecule has 1 amide bonds. The molecule has 0 spiro atoms.